The molecule has 2 nitrogen and oxygen atoms in total. The highest BCUT2D eigenvalue weighted by atomic mass is 35.5. The molecule has 0 unspecified atom stereocenters. The first-order valence-electron chi connectivity index (χ1n) is 8.55. The predicted octanol–water partition coefficient (Wildman–Crippen LogP) is 6.43. The Hall–Kier alpha value is -2.76. The Bertz CT molecular complexity index is 1030. The van der Waals surface area contributed by atoms with E-state index in [2.05, 4.69) is 62.6 Å². The molecule has 0 spiro atoms. The molecule has 0 N–H and O–H groups in total. The fourth-order valence-electron chi connectivity index (χ4n) is 3.16. The number of aromatic nitrogens is 1. The second-order valence-corrected chi connectivity index (χ2v) is 7.04. The summed E-state index contributed by atoms with van der Waals surface area (Å²) in [5.41, 5.74) is 8.50. The summed E-state index contributed by atoms with van der Waals surface area (Å²) in [7, 11) is 0. The molecule has 1 aromatic heterocycles. The molecule has 3 rings (SSSR count). The van der Waals surface area contributed by atoms with Crippen LogP contribution in [0.4, 0.5) is 0 Å². The Balaban J connectivity index is 2.08. The summed E-state index contributed by atoms with van der Waals surface area (Å²) in [5, 5.41) is 10.3. The Kier molecular flexibility index (Phi) is 5.02. The van der Waals surface area contributed by atoms with Gasteiger partial charge in [-0.25, -0.2) is 0 Å². The molecule has 0 bridgehead atoms. The first kappa shape index (κ1) is 18.0. The van der Waals surface area contributed by atoms with E-state index in [1.54, 1.807) is 12.1 Å². The lowest BCUT2D eigenvalue weighted by molar-refractivity contribution is 0.961. The van der Waals surface area contributed by atoms with Crippen molar-refractivity contribution in [3.05, 3.63) is 87.2 Å². The molecule has 0 radical (unpaired) electrons. The van der Waals surface area contributed by atoms with Gasteiger partial charge < -0.3 is 4.57 Å². The average molecular weight is 361 g/mol. The minimum Gasteiger partial charge on any atom is -0.318 e. The summed E-state index contributed by atoms with van der Waals surface area (Å²) in [5.74, 6) is 0. The minimum absolute atomic E-state index is 0.627. The largest absolute Gasteiger partial charge is 0.318 e. The molecular formula is C23H21ClN2. The smallest absolute Gasteiger partial charge is 0.0998 e. The number of rotatable bonds is 3. The molecule has 0 saturated carbocycles. The second kappa shape index (κ2) is 7.23. The van der Waals surface area contributed by atoms with Crippen molar-refractivity contribution >= 4 is 23.3 Å². The summed E-state index contributed by atoms with van der Waals surface area (Å²) in [6.45, 7) is 8.43. The molecule has 0 amide bonds. The fraction of sp³-hybridized carbons (Fsp3) is 0.174. The van der Waals surface area contributed by atoms with Crippen molar-refractivity contribution < 1.29 is 0 Å². The van der Waals surface area contributed by atoms with Gasteiger partial charge in [0, 0.05) is 22.1 Å². The molecule has 1 heterocycles. The Morgan fingerprint density at radius 2 is 1.65 bits per heavy atom. The maximum atomic E-state index is 9.60. The predicted molar refractivity (Wildman–Crippen MR) is 110 cm³/mol. The van der Waals surface area contributed by atoms with Crippen LogP contribution in [0.25, 0.3) is 17.3 Å². The lowest BCUT2D eigenvalue weighted by atomic mass is 10.0. The molecule has 0 atom stereocenters. The van der Waals surface area contributed by atoms with Gasteiger partial charge >= 0.3 is 0 Å². The van der Waals surface area contributed by atoms with Gasteiger partial charge in [-0.3, -0.25) is 0 Å². The zero-order valence-electron chi connectivity index (χ0n) is 15.5. The molecule has 26 heavy (non-hydrogen) atoms. The van der Waals surface area contributed by atoms with Gasteiger partial charge in [-0.15, -0.1) is 0 Å². The topological polar surface area (TPSA) is 28.7 Å². The minimum atomic E-state index is 0.627. The van der Waals surface area contributed by atoms with E-state index < -0.39 is 0 Å². The molecule has 3 aromatic rings. The summed E-state index contributed by atoms with van der Waals surface area (Å²) >= 11 is 5.96. The number of hydrogen-bond donors (Lipinski definition) is 0. The molecule has 2 aromatic carbocycles. The van der Waals surface area contributed by atoms with E-state index in [4.69, 9.17) is 11.6 Å². The number of aryl methyl sites for hydroxylation is 3. The van der Waals surface area contributed by atoms with Crippen molar-refractivity contribution in [3.63, 3.8) is 0 Å². The summed E-state index contributed by atoms with van der Waals surface area (Å²) in [6.07, 6.45) is 1.95. The maximum absolute atomic E-state index is 9.60. The van der Waals surface area contributed by atoms with E-state index in [0.717, 1.165) is 28.2 Å². The molecule has 3 heteroatoms. The summed E-state index contributed by atoms with van der Waals surface area (Å²) in [6, 6.07) is 18.3. The van der Waals surface area contributed by atoms with Gasteiger partial charge in [0.15, 0.2) is 0 Å². The Morgan fingerprint density at radius 3 is 2.27 bits per heavy atom. The second-order valence-electron chi connectivity index (χ2n) is 6.61. The number of nitrogens with zero attached hydrogens (tertiary/aromatic N) is 2. The molecule has 130 valence electrons. The van der Waals surface area contributed by atoms with E-state index >= 15 is 0 Å². The lowest BCUT2D eigenvalue weighted by Gasteiger charge is -2.12. The number of halogens is 1. The first-order valence-corrected chi connectivity index (χ1v) is 8.93. The van der Waals surface area contributed by atoms with Gasteiger partial charge in [-0.1, -0.05) is 29.8 Å². The molecule has 0 aliphatic heterocycles. The van der Waals surface area contributed by atoms with E-state index in [0.29, 0.717) is 10.6 Å². The fourth-order valence-corrected chi connectivity index (χ4v) is 3.29. The van der Waals surface area contributed by atoms with Gasteiger partial charge in [-0.05, 0) is 86.4 Å². The van der Waals surface area contributed by atoms with Crippen LogP contribution < -0.4 is 0 Å². The van der Waals surface area contributed by atoms with Crippen LogP contribution in [-0.2, 0) is 0 Å². The third-order valence-electron chi connectivity index (χ3n) is 4.79. The van der Waals surface area contributed by atoms with Crippen molar-refractivity contribution in [3.8, 4) is 11.8 Å². The zero-order chi connectivity index (χ0) is 18.8. The van der Waals surface area contributed by atoms with Gasteiger partial charge in [0.1, 0.15) is 0 Å². The van der Waals surface area contributed by atoms with Crippen molar-refractivity contribution in [2.24, 2.45) is 0 Å². The molecule has 0 aliphatic rings. The maximum Gasteiger partial charge on any atom is 0.0998 e. The highest BCUT2D eigenvalue weighted by molar-refractivity contribution is 6.30. The van der Waals surface area contributed by atoms with Crippen LogP contribution in [0.2, 0.25) is 5.02 Å². The van der Waals surface area contributed by atoms with Crippen LogP contribution in [0.3, 0.4) is 0 Å². The number of benzene rings is 2. The van der Waals surface area contributed by atoms with Gasteiger partial charge in [0.2, 0.25) is 0 Å². The van der Waals surface area contributed by atoms with E-state index in [-0.39, 0.29) is 0 Å². The monoisotopic (exact) mass is 360 g/mol. The van der Waals surface area contributed by atoms with Crippen LogP contribution in [0.15, 0.2) is 48.5 Å². The van der Waals surface area contributed by atoms with Crippen molar-refractivity contribution in [2.45, 2.75) is 27.7 Å². The normalized spacial score (nSPS) is 11.5. The Morgan fingerprint density at radius 1 is 0.962 bits per heavy atom. The first-order chi connectivity index (χ1) is 12.4. The zero-order valence-corrected chi connectivity index (χ0v) is 16.2. The van der Waals surface area contributed by atoms with Gasteiger partial charge in [0.05, 0.1) is 11.6 Å². The molecular weight excluding hydrogens is 340 g/mol. The molecule has 0 saturated heterocycles. The number of hydrogen-bond acceptors (Lipinski definition) is 1. The quantitative estimate of drug-likeness (QED) is 0.495. The van der Waals surface area contributed by atoms with Crippen molar-refractivity contribution in [1.29, 1.82) is 5.26 Å². The summed E-state index contributed by atoms with van der Waals surface area (Å²) < 4.78 is 2.23. The van der Waals surface area contributed by atoms with Crippen molar-refractivity contribution in [1.82, 2.24) is 4.57 Å². The van der Waals surface area contributed by atoms with Crippen LogP contribution in [0, 0.1) is 39.0 Å². The lowest BCUT2D eigenvalue weighted by Crippen LogP contribution is -2.00. The summed E-state index contributed by atoms with van der Waals surface area (Å²) in [4.78, 5) is 0. The average Bonchev–Trinajstić information content (AvgIpc) is 2.90. The standard InChI is InChI=1S/C23H21ClN2/c1-15-5-10-23(11-16(15)2)26-17(3)12-20(18(26)4)13-21(14-25)19-6-8-22(24)9-7-19/h5-13H,1-4H3/b21-13+. The highest BCUT2D eigenvalue weighted by Gasteiger charge is 2.11. The highest BCUT2D eigenvalue weighted by Crippen LogP contribution is 2.26. The van der Waals surface area contributed by atoms with E-state index in [9.17, 15) is 5.26 Å². The SMILES string of the molecule is Cc1ccc(-n2c(C)cc(/C=C(\C#N)c3ccc(Cl)cc3)c2C)cc1C. The molecule has 0 aliphatic carbocycles. The van der Waals surface area contributed by atoms with Gasteiger partial charge in [0.25, 0.3) is 0 Å². The van der Waals surface area contributed by atoms with Gasteiger partial charge in [-0.2, -0.15) is 5.26 Å². The van der Waals surface area contributed by atoms with Crippen molar-refractivity contribution in [2.75, 3.05) is 0 Å². The third kappa shape index (κ3) is 3.45. The van der Waals surface area contributed by atoms with E-state index in [1.165, 1.54) is 11.1 Å². The number of nitriles is 1. The van der Waals surface area contributed by atoms with Crippen LogP contribution >= 0.6 is 11.6 Å². The van der Waals surface area contributed by atoms with E-state index in [1.807, 2.05) is 18.2 Å². The van der Waals surface area contributed by atoms with Crippen LogP contribution in [-0.4, -0.2) is 4.57 Å². The molecule has 0 fully saturated rings. The van der Waals surface area contributed by atoms with Crippen LogP contribution in [0.5, 0.6) is 0 Å². The van der Waals surface area contributed by atoms with Crippen LogP contribution in [0.1, 0.15) is 33.6 Å². The third-order valence-corrected chi connectivity index (χ3v) is 5.05. The number of allylic oxidation sites excluding steroid dienone is 1. The Labute approximate surface area is 160 Å².